The predicted octanol–water partition coefficient (Wildman–Crippen LogP) is 2.29. The zero-order valence-corrected chi connectivity index (χ0v) is 12.7. The lowest BCUT2D eigenvalue weighted by atomic mass is 10.0. The van der Waals surface area contributed by atoms with E-state index in [-0.39, 0.29) is 18.3 Å². The van der Waals surface area contributed by atoms with Crippen molar-refractivity contribution in [2.45, 2.75) is 12.5 Å². The van der Waals surface area contributed by atoms with Gasteiger partial charge in [0.05, 0.1) is 6.61 Å². The van der Waals surface area contributed by atoms with Gasteiger partial charge in [0.2, 0.25) is 0 Å². The Morgan fingerprint density at radius 3 is 2.52 bits per heavy atom. The molecule has 1 unspecified atom stereocenters. The minimum Gasteiger partial charge on any atom is -0.479 e. The van der Waals surface area contributed by atoms with Crippen LogP contribution in [0.4, 0.5) is 0 Å². The topological polar surface area (TPSA) is 98.0 Å². The van der Waals surface area contributed by atoms with Gasteiger partial charge in [-0.2, -0.15) is 0 Å². The highest BCUT2D eigenvalue weighted by atomic mass is 16.6. The minimum absolute atomic E-state index is 0.0560. The van der Waals surface area contributed by atoms with E-state index in [1.54, 1.807) is 24.3 Å². The van der Waals surface area contributed by atoms with Crippen molar-refractivity contribution in [3.05, 3.63) is 48.2 Å². The first-order chi connectivity index (χ1) is 10.9. The summed E-state index contributed by atoms with van der Waals surface area (Å²) in [6.45, 7) is 1.17. The van der Waals surface area contributed by atoms with Crippen LogP contribution < -0.4 is 10.1 Å². The molecule has 2 aromatic rings. The van der Waals surface area contributed by atoms with Crippen LogP contribution in [0.3, 0.4) is 0 Å². The molecule has 1 amide bonds. The van der Waals surface area contributed by atoms with E-state index in [2.05, 4.69) is 5.32 Å². The molecular weight excluding hydrogens is 302 g/mol. The lowest BCUT2D eigenvalue weighted by molar-refractivity contribution is -0.145. The predicted molar refractivity (Wildman–Crippen MR) is 80.6 cm³/mol. The number of hydrogen-bond acceptors (Lipinski definition) is 5. The first-order valence-electron chi connectivity index (χ1n) is 6.82. The maximum Gasteiger partial charge on any atom is 0.331 e. The number of aliphatic carboxylic acids is 1. The number of carbonyl (C=O) groups is 2. The Morgan fingerprint density at radius 1 is 1.22 bits per heavy atom. The molecule has 2 rings (SSSR count). The molecule has 23 heavy (non-hydrogen) atoms. The fourth-order valence-corrected chi connectivity index (χ4v) is 1.85. The molecule has 0 radical (unpaired) electrons. The van der Waals surface area contributed by atoms with Crippen LogP contribution in [-0.2, 0) is 9.53 Å². The summed E-state index contributed by atoms with van der Waals surface area (Å²) in [5.74, 6) is -1.25. The quantitative estimate of drug-likeness (QED) is 0.812. The second-order valence-corrected chi connectivity index (χ2v) is 5.06. The van der Waals surface area contributed by atoms with Crippen LogP contribution in [-0.4, -0.2) is 36.2 Å². The SMILES string of the molecule is COCC(C)(NC(=O)c1ccc(Oc2ccccc2)o1)C(=O)O. The van der Waals surface area contributed by atoms with Crippen molar-refractivity contribution >= 4 is 11.9 Å². The summed E-state index contributed by atoms with van der Waals surface area (Å²) in [4.78, 5) is 23.4. The molecule has 0 aliphatic heterocycles. The Labute approximate surface area is 132 Å². The number of amides is 1. The Morgan fingerprint density at radius 2 is 1.91 bits per heavy atom. The molecule has 0 spiro atoms. The molecule has 0 fully saturated rings. The summed E-state index contributed by atoms with van der Waals surface area (Å²) >= 11 is 0. The summed E-state index contributed by atoms with van der Waals surface area (Å²) in [5, 5.41) is 11.6. The van der Waals surface area contributed by atoms with Crippen molar-refractivity contribution in [1.82, 2.24) is 5.32 Å². The molecule has 1 heterocycles. The summed E-state index contributed by atoms with van der Waals surface area (Å²) in [6.07, 6.45) is 0. The number of methoxy groups -OCH3 is 1. The second-order valence-electron chi connectivity index (χ2n) is 5.06. The third-order valence-electron chi connectivity index (χ3n) is 3.06. The number of ether oxygens (including phenoxy) is 2. The normalized spacial score (nSPS) is 13.1. The lowest BCUT2D eigenvalue weighted by Gasteiger charge is -2.24. The van der Waals surface area contributed by atoms with Gasteiger partial charge in [-0.25, -0.2) is 4.79 Å². The van der Waals surface area contributed by atoms with Crippen molar-refractivity contribution in [2.75, 3.05) is 13.7 Å². The highest BCUT2D eigenvalue weighted by Crippen LogP contribution is 2.23. The fourth-order valence-electron chi connectivity index (χ4n) is 1.85. The third kappa shape index (κ3) is 4.10. The van der Waals surface area contributed by atoms with Crippen molar-refractivity contribution in [3.8, 4) is 11.7 Å². The summed E-state index contributed by atoms with van der Waals surface area (Å²) in [6, 6.07) is 11.8. The molecule has 7 nitrogen and oxygen atoms in total. The van der Waals surface area contributed by atoms with Crippen LogP contribution in [0.2, 0.25) is 0 Å². The van der Waals surface area contributed by atoms with Gasteiger partial charge in [-0.05, 0) is 25.1 Å². The highest BCUT2D eigenvalue weighted by Gasteiger charge is 2.36. The molecule has 0 saturated heterocycles. The Balaban J connectivity index is 2.07. The van der Waals surface area contributed by atoms with Crippen molar-refractivity contribution in [2.24, 2.45) is 0 Å². The van der Waals surface area contributed by atoms with Crippen LogP contribution in [0, 0.1) is 0 Å². The maximum atomic E-state index is 12.1. The number of hydrogen-bond donors (Lipinski definition) is 2. The number of para-hydroxylation sites is 1. The van der Waals surface area contributed by atoms with E-state index in [1.165, 1.54) is 26.2 Å². The Bertz CT molecular complexity index is 681. The number of carboxylic acids is 1. The van der Waals surface area contributed by atoms with Gasteiger partial charge in [-0.3, -0.25) is 4.79 Å². The Hall–Kier alpha value is -2.80. The first kappa shape index (κ1) is 16.6. The molecule has 122 valence electrons. The third-order valence-corrected chi connectivity index (χ3v) is 3.06. The van der Waals surface area contributed by atoms with Gasteiger partial charge in [-0.15, -0.1) is 0 Å². The van der Waals surface area contributed by atoms with Gasteiger partial charge >= 0.3 is 5.97 Å². The van der Waals surface area contributed by atoms with Crippen LogP contribution in [0.5, 0.6) is 11.7 Å². The van der Waals surface area contributed by atoms with Gasteiger partial charge < -0.3 is 24.3 Å². The number of carboxylic acid groups (broad SMARTS) is 1. The zero-order valence-electron chi connectivity index (χ0n) is 12.7. The van der Waals surface area contributed by atoms with Crippen LogP contribution in [0.15, 0.2) is 46.9 Å². The van der Waals surface area contributed by atoms with E-state index < -0.39 is 17.4 Å². The molecule has 1 atom stereocenters. The van der Waals surface area contributed by atoms with Crippen molar-refractivity contribution in [3.63, 3.8) is 0 Å². The molecule has 0 aliphatic rings. The molecule has 0 saturated carbocycles. The average Bonchev–Trinajstić information content (AvgIpc) is 2.97. The monoisotopic (exact) mass is 319 g/mol. The largest absolute Gasteiger partial charge is 0.479 e. The summed E-state index contributed by atoms with van der Waals surface area (Å²) < 4.78 is 15.6. The maximum absolute atomic E-state index is 12.1. The summed E-state index contributed by atoms with van der Waals surface area (Å²) in [7, 11) is 1.35. The van der Waals surface area contributed by atoms with E-state index in [0.29, 0.717) is 5.75 Å². The van der Waals surface area contributed by atoms with Crippen LogP contribution >= 0.6 is 0 Å². The number of rotatable bonds is 7. The van der Waals surface area contributed by atoms with E-state index in [9.17, 15) is 14.7 Å². The standard InChI is InChI=1S/C16H17NO6/c1-16(10-21-2,15(19)20)17-14(18)12-8-9-13(23-12)22-11-6-4-3-5-7-11/h3-9H,10H2,1-2H3,(H,17,18)(H,19,20). The molecule has 0 aliphatic carbocycles. The van der Waals surface area contributed by atoms with E-state index >= 15 is 0 Å². The van der Waals surface area contributed by atoms with Gasteiger partial charge in [-0.1, -0.05) is 18.2 Å². The smallest absolute Gasteiger partial charge is 0.331 e. The molecule has 2 N–H and O–H groups in total. The van der Waals surface area contributed by atoms with Gasteiger partial charge in [0, 0.05) is 13.2 Å². The van der Waals surface area contributed by atoms with Crippen LogP contribution in [0.25, 0.3) is 0 Å². The van der Waals surface area contributed by atoms with Gasteiger partial charge in [0.1, 0.15) is 5.75 Å². The highest BCUT2D eigenvalue weighted by molar-refractivity contribution is 5.95. The fraction of sp³-hybridized carbons (Fsp3) is 0.250. The van der Waals surface area contributed by atoms with Crippen LogP contribution in [0.1, 0.15) is 17.5 Å². The van der Waals surface area contributed by atoms with E-state index in [4.69, 9.17) is 13.9 Å². The van der Waals surface area contributed by atoms with Gasteiger partial charge in [0.15, 0.2) is 11.3 Å². The molecule has 0 bridgehead atoms. The average molecular weight is 319 g/mol. The Kier molecular flexibility index (Phi) is 5.02. The molecule has 1 aromatic heterocycles. The number of furan rings is 1. The minimum atomic E-state index is -1.56. The number of benzene rings is 1. The molecule has 1 aromatic carbocycles. The summed E-state index contributed by atoms with van der Waals surface area (Å²) in [5.41, 5.74) is -1.56. The number of nitrogens with one attached hydrogen (secondary N) is 1. The van der Waals surface area contributed by atoms with E-state index in [0.717, 1.165) is 0 Å². The van der Waals surface area contributed by atoms with Gasteiger partial charge in [0.25, 0.3) is 11.9 Å². The number of carbonyl (C=O) groups excluding carboxylic acids is 1. The zero-order chi connectivity index (χ0) is 16.9. The van der Waals surface area contributed by atoms with E-state index in [1.807, 2.05) is 6.07 Å². The van der Waals surface area contributed by atoms with Crippen molar-refractivity contribution < 1.29 is 28.6 Å². The van der Waals surface area contributed by atoms with Crippen molar-refractivity contribution in [1.29, 1.82) is 0 Å². The lowest BCUT2D eigenvalue weighted by Crippen LogP contribution is -2.55. The molecular formula is C16H17NO6. The molecule has 7 heteroatoms. The second kappa shape index (κ2) is 6.97. The first-order valence-corrected chi connectivity index (χ1v) is 6.82.